The molecule has 0 saturated heterocycles. The number of amides is 1. The summed E-state index contributed by atoms with van der Waals surface area (Å²) in [6.07, 6.45) is 2.50. The molecule has 4 rings (SSSR count). The number of anilines is 1. The number of pyridine rings is 1. The van der Waals surface area contributed by atoms with E-state index in [0.29, 0.717) is 33.8 Å². The van der Waals surface area contributed by atoms with Crippen LogP contribution in [0.3, 0.4) is 0 Å². The van der Waals surface area contributed by atoms with Gasteiger partial charge in [-0.2, -0.15) is 0 Å². The van der Waals surface area contributed by atoms with Crippen molar-refractivity contribution in [3.63, 3.8) is 0 Å². The maximum Gasteiger partial charge on any atom is 0.339 e. The van der Waals surface area contributed by atoms with E-state index in [1.54, 1.807) is 30.5 Å². The second-order valence-electron chi connectivity index (χ2n) is 7.57. The maximum absolute atomic E-state index is 12.9. The highest BCUT2D eigenvalue weighted by Gasteiger charge is 2.18. The molecule has 162 valence electrons. The number of carbonyl (C=O) groups excluding carboxylic acids is 2. The Balaban J connectivity index is 1.52. The molecule has 1 N–H and O–H groups in total. The molecule has 0 aliphatic heterocycles. The van der Waals surface area contributed by atoms with Gasteiger partial charge in [-0.25, -0.2) is 9.78 Å². The van der Waals surface area contributed by atoms with Crippen molar-refractivity contribution in [2.45, 2.75) is 26.2 Å². The van der Waals surface area contributed by atoms with Gasteiger partial charge in [-0.15, -0.1) is 0 Å². The summed E-state index contributed by atoms with van der Waals surface area (Å²) < 4.78 is 10.8. The number of carbonyl (C=O) groups is 2. The lowest BCUT2D eigenvalue weighted by atomic mass is 9.97. The van der Waals surface area contributed by atoms with Gasteiger partial charge >= 0.3 is 5.97 Å². The van der Waals surface area contributed by atoms with Crippen molar-refractivity contribution in [1.29, 1.82) is 0 Å². The second-order valence-corrected chi connectivity index (χ2v) is 7.57. The summed E-state index contributed by atoms with van der Waals surface area (Å²) in [5.41, 5.74) is 3.28. The third-order valence-corrected chi connectivity index (χ3v) is 5.42. The van der Waals surface area contributed by atoms with Crippen LogP contribution in [-0.4, -0.2) is 23.5 Å². The third-order valence-electron chi connectivity index (χ3n) is 5.42. The van der Waals surface area contributed by atoms with Crippen LogP contribution in [0.15, 0.2) is 77.4 Å². The maximum atomic E-state index is 12.9. The lowest BCUT2D eigenvalue weighted by Crippen LogP contribution is -2.22. The fourth-order valence-corrected chi connectivity index (χ4v) is 3.55. The summed E-state index contributed by atoms with van der Waals surface area (Å²) in [6, 6.07) is 20.1. The number of furan rings is 1. The molecule has 2 aromatic carbocycles. The molecule has 1 atom stereocenters. The molecule has 2 aromatic heterocycles. The third kappa shape index (κ3) is 4.54. The van der Waals surface area contributed by atoms with Crippen LogP contribution in [0.5, 0.6) is 0 Å². The number of rotatable bonds is 7. The average Bonchev–Trinajstić information content (AvgIpc) is 3.37. The first-order valence-electron chi connectivity index (χ1n) is 10.6. The van der Waals surface area contributed by atoms with E-state index in [2.05, 4.69) is 24.1 Å². The number of nitrogens with one attached hydrogen (secondary N) is 1. The van der Waals surface area contributed by atoms with Gasteiger partial charge in [0.1, 0.15) is 5.69 Å². The molecule has 1 unspecified atom stereocenters. The zero-order valence-corrected chi connectivity index (χ0v) is 18.0. The monoisotopic (exact) mass is 428 g/mol. The number of hydrogen-bond donors (Lipinski definition) is 1. The Hall–Kier alpha value is -3.93. The molecule has 0 aliphatic rings. The molecule has 0 saturated carbocycles. The standard InChI is InChI=1S/C26H24N2O4/c1-3-17(2)18-9-4-6-11-21(18)28-25(29)16-32-26(30)20-15-23(24-13-8-14-31-24)27-22-12-7-5-10-19(20)22/h4-15,17H,3,16H2,1-2H3,(H,28,29). The van der Waals surface area contributed by atoms with E-state index in [9.17, 15) is 9.59 Å². The van der Waals surface area contributed by atoms with E-state index in [-0.39, 0.29) is 6.61 Å². The predicted octanol–water partition coefficient (Wildman–Crippen LogP) is 5.80. The number of fused-ring (bicyclic) bond motifs is 1. The Labute approximate surface area is 186 Å². The number of hydrogen-bond acceptors (Lipinski definition) is 5. The first kappa shape index (κ1) is 21.3. The zero-order valence-electron chi connectivity index (χ0n) is 18.0. The van der Waals surface area contributed by atoms with E-state index in [1.165, 1.54) is 0 Å². The Kier molecular flexibility index (Phi) is 6.31. The van der Waals surface area contributed by atoms with Crippen molar-refractivity contribution >= 4 is 28.5 Å². The molecule has 32 heavy (non-hydrogen) atoms. The van der Waals surface area contributed by atoms with E-state index in [0.717, 1.165) is 17.7 Å². The van der Waals surface area contributed by atoms with E-state index < -0.39 is 11.9 Å². The van der Waals surface area contributed by atoms with Crippen LogP contribution in [0.2, 0.25) is 0 Å². The number of nitrogens with zero attached hydrogens (tertiary/aromatic N) is 1. The van der Waals surface area contributed by atoms with Crippen LogP contribution in [0.1, 0.15) is 42.1 Å². The second kappa shape index (κ2) is 9.47. The SMILES string of the molecule is CCC(C)c1ccccc1NC(=O)COC(=O)c1cc(-c2ccco2)nc2ccccc12. The summed E-state index contributed by atoms with van der Waals surface area (Å²) in [7, 11) is 0. The summed E-state index contributed by atoms with van der Waals surface area (Å²) in [6.45, 7) is 3.82. The Morgan fingerprint density at radius 1 is 1.06 bits per heavy atom. The van der Waals surface area contributed by atoms with Gasteiger partial charge in [0.15, 0.2) is 12.4 Å². The Morgan fingerprint density at radius 3 is 2.62 bits per heavy atom. The largest absolute Gasteiger partial charge is 0.463 e. The smallest absolute Gasteiger partial charge is 0.339 e. The van der Waals surface area contributed by atoms with E-state index in [1.807, 2.05) is 42.5 Å². The van der Waals surface area contributed by atoms with Gasteiger partial charge in [-0.05, 0) is 48.2 Å². The van der Waals surface area contributed by atoms with Crippen molar-refractivity contribution in [3.8, 4) is 11.5 Å². The highest BCUT2D eigenvalue weighted by atomic mass is 16.5. The van der Waals surface area contributed by atoms with Crippen LogP contribution < -0.4 is 5.32 Å². The number of ether oxygens (including phenoxy) is 1. The van der Waals surface area contributed by atoms with Crippen LogP contribution in [0.4, 0.5) is 5.69 Å². The molecule has 0 fully saturated rings. The first-order valence-corrected chi connectivity index (χ1v) is 10.6. The van der Waals surface area contributed by atoms with Gasteiger partial charge in [0.2, 0.25) is 0 Å². The van der Waals surface area contributed by atoms with Gasteiger partial charge in [0.25, 0.3) is 5.91 Å². The quantitative estimate of drug-likeness (QED) is 0.376. The minimum atomic E-state index is -0.596. The van der Waals surface area contributed by atoms with Crippen LogP contribution >= 0.6 is 0 Å². The summed E-state index contributed by atoms with van der Waals surface area (Å²) in [4.78, 5) is 30.0. The van der Waals surface area contributed by atoms with Gasteiger partial charge in [0, 0.05) is 11.1 Å². The van der Waals surface area contributed by atoms with Crippen LogP contribution in [0.25, 0.3) is 22.4 Å². The molecular formula is C26H24N2O4. The minimum Gasteiger partial charge on any atom is -0.463 e. The summed E-state index contributed by atoms with van der Waals surface area (Å²) in [5, 5.41) is 3.51. The van der Waals surface area contributed by atoms with E-state index in [4.69, 9.17) is 9.15 Å². The summed E-state index contributed by atoms with van der Waals surface area (Å²) in [5.74, 6) is -0.137. The topological polar surface area (TPSA) is 81.4 Å². The fourth-order valence-electron chi connectivity index (χ4n) is 3.55. The minimum absolute atomic E-state index is 0.303. The van der Waals surface area contributed by atoms with Crippen LogP contribution in [0, 0.1) is 0 Å². The number of aromatic nitrogens is 1. The van der Waals surface area contributed by atoms with Crippen molar-refractivity contribution in [1.82, 2.24) is 4.98 Å². The molecule has 0 aliphatic carbocycles. The van der Waals surface area contributed by atoms with Gasteiger partial charge < -0.3 is 14.5 Å². The molecular weight excluding hydrogens is 404 g/mol. The fraction of sp³-hybridized carbons (Fsp3) is 0.192. The molecule has 0 spiro atoms. The molecule has 1 amide bonds. The molecule has 6 heteroatoms. The molecule has 6 nitrogen and oxygen atoms in total. The van der Waals surface area contributed by atoms with Gasteiger partial charge in [0.05, 0.1) is 17.3 Å². The average molecular weight is 428 g/mol. The van der Waals surface area contributed by atoms with Crippen LogP contribution in [-0.2, 0) is 9.53 Å². The molecule has 2 heterocycles. The normalized spacial score (nSPS) is 11.8. The van der Waals surface area contributed by atoms with Crippen molar-refractivity contribution < 1.29 is 18.7 Å². The number of para-hydroxylation sites is 2. The van der Waals surface area contributed by atoms with Gasteiger partial charge in [-0.1, -0.05) is 50.2 Å². The van der Waals surface area contributed by atoms with Crippen molar-refractivity contribution in [3.05, 3.63) is 84.1 Å². The molecule has 0 radical (unpaired) electrons. The lowest BCUT2D eigenvalue weighted by molar-refractivity contribution is -0.119. The summed E-state index contributed by atoms with van der Waals surface area (Å²) >= 11 is 0. The first-order chi connectivity index (χ1) is 15.6. The highest BCUT2D eigenvalue weighted by molar-refractivity contribution is 6.05. The number of benzene rings is 2. The highest BCUT2D eigenvalue weighted by Crippen LogP contribution is 2.27. The Bertz CT molecular complexity index is 1250. The predicted molar refractivity (Wildman–Crippen MR) is 124 cm³/mol. The number of esters is 1. The van der Waals surface area contributed by atoms with Gasteiger partial charge in [-0.3, -0.25) is 4.79 Å². The zero-order chi connectivity index (χ0) is 22.5. The van der Waals surface area contributed by atoms with E-state index >= 15 is 0 Å². The Morgan fingerprint density at radius 2 is 1.84 bits per heavy atom. The lowest BCUT2D eigenvalue weighted by Gasteiger charge is -2.15. The molecule has 0 bridgehead atoms. The van der Waals surface area contributed by atoms with Crippen molar-refractivity contribution in [2.75, 3.05) is 11.9 Å². The van der Waals surface area contributed by atoms with Crippen molar-refractivity contribution in [2.24, 2.45) is 0 Å². The molecule has 4 aromatic rings.